The standard InChI is InChI=1S/C11H8N2O5/c14-10(15)5-8-6-12-18-11(8)7-2-1-3-9(4-7)13(16)17/h1-4,6H,5H2,(H,14,15). The van der Waals surface area contributed by atoms with Gasteiger partial charge in [-0.15, -0.1) is 0 Å². The van der Waals surface area contributed by atoms with Gasteiger partial charge in [-0.05, 0) is 0 Å². The molecule has 0 aliphatic heterocycles. The van der Waals surface area contributed by atoms with Crippen molar-refractivity contribution in [1.29, 1.82) is 0 Å². The molecule has 0 spiro atoms. The van der Waals surface area contributed by atoms with E-state index in [-0.39, 0.29) is 17.9 Å². The number of hydrogen-bond acceptors (Lipinski definition) is 5. The highest BCUT2D eigenvalue weighted by atomic mass is 16.6. The molecule has 0 aliphatic carbocycles. The number of nitro benzene ring substituents is 1. The first-order valence-corrected chi connectivity index (χ1v) is 4.98. The lowest BCUT2D eigenvalue weighted by atomic mass is 10.1. The first-order valence-electron chi connectivity index (χ1n) is 4.98. The quantitative estimate of drug-likeness (QED) is 0.653. The van der Waals surface area contributed by atoms with E-state index in [4.69, 9.17) is 9.63 Å². The second kappa shape index (κ2) is 4.66. The Morgan fingerprint density at radius 1 is 1.50 bits per heavy atom. The Morgan fingerprint density at radius 2 is 2.28 bits per heavy atom. The fourth-order valence-corrected chi connectivity index (χ4v) is 1.55. The zero-order valence-corrected chi connectivity index (χ0v) is 9.07. The van der Waals surface area contributed by atoms with Crippen molar-refractivity contribution in [1.82, 2.24) is 5.16 Å². The topological polar surface area (TPSA) is 106 Å². The number of aliphatic carboxylic acids is 1. The highest BCUT2D eigenvalue weighted by Gasteiger charge is 2.16. The Kier molecular flexibility index (Phi) is 3.05. The molecule has 2 rings (SSSR count). The van der Waals surface area contributed by atoms with E-state index in [0.29, 0.717) is 11.1 Å². The number of rotatable bonds is 4. The number of aromatic nitrogens is 1. The smallest absolute Gasteiger partial charge is 0.308 e. The third kappa shape index (κ3) is 2.34. The maximum Gasteiger partial charge on any atom is 0.308 e. The van der Waals surface area contributed by atoms with Crippen LogP contribution in [0.2, 0.25) is 0 Å². The second-order valence-corrected chi connectivity index (χ2v) is 3.56. The summed E-state index contributed by atoms with van der Waals surface area (Å²) in [6.07, 6.45) is 1.05. The van der Waals surface area contributed by atoms with Gasteiger partial charge in [-0.1, -0.05) is 17.3 Å². The van der Waals surface area contributed by atoms with Gasteiger partial charge in [0.1, 0.15) is 0 Å². The van der Waals surface area contributed by atoms with Gasteiger partial charge in [0.05, 0.1) is 17.5 Å². The molecule has 92 valence electrons. The van der Waals surface area contributed by atoms with Crippen LogP contribution >= 0.6 is 0 Å². The summed E-state index contributed by atoms with van der Waals surface area (Å²) < 4.78 is 4.95. The van der Waals surface area contributed by atoms with Gasteiger partial charge in [0, 0.05) is 23.3 Å². The van der Waals surface area contributed by atoms with Gasteiger partial charge in [-0.2, -0.15) is 0 Å². The molecule has 0 atom stereocenters. The van der Waals surface area contributed by atoms with E-state index in [0.717, 1.165) is 0 Å². The molecule has 0 bridgehead atoms. The van der Waals surface area contributed by atoms with E-state index in [9.17, 15) is 14.9 Å². The number of nitro groups is 1. The number of non-ortho nitro benzene ring substituents is 1. The Labute approximate surface area is 101 Å². The molecule has 7 nitrogen and oxygen atoms in total. The van der Waals surface area contributed by atoms with Crippen molar-refractivity contribution in [2.75, 3.05) is 0 Å². The predicted molar refractivity (Wildman–Crippen MR) is 59.9 cm³/mol. The van der Waals surface area contributed by atoms with Crippen molar-refractivity contribution in [2.24, 2.45) is 0 Å². The number of hydrogen-bond donors (Lipinski definition) is 1. The SMILES string of the molecule is O=C(O)Cc1cnoc1-c1cccc([N+](=O)[O-])c1. The summed E-state index contributed by atoms with van der Waals surface area (Å²) in [4.78, 5) is 20.8. The van der Waals surface area contributed by atoms with Crippen LogP contribution in [0.5, 0.6) is 0 Å². The molecule has 0 unspecified atom stereocenters. The van der Waals surface area contributed by atoms with E-state index in [1.807, 2.05) is 0 Å². The molecule has 7 heteroatoms. The minimum absolute atomic E-state index is 0.0924. The summed E-state index contributed by atoms with van der Waals surface area (Å²) in [5.74, 6) is -0.786. The average molecular weight is 248 g/mol. The molecule has 0 amide bonds. The van der Waals surface area contributed by atoms with Crippen molar-refractivity contribution in [3.63, 3.8) is 0 Å². The van der Waals surface area contributed by atoms with Crippen molar-refractivity contribution < 1.29 is 19.3 Å². The molecule has 1 aromatic carbocycles. The molecule has 0 fully saturated rings. The molecule has 0 radical (unpaired) electrons. The average Bonchev–Trinajstić information content (AvgIpc) is 2.76. The lowest BCUT2D eigenvalue weighted by Crippen LogP contribution is -2.00. The summed E-state index contributed by atoms with van der Waals surface area (Å²) in [6.45, 7) is 0. The van der Waals surface area contributed by atoms with E-state index < -0.39 is 10.9 Å². The van der Waals surface area contributed by atoms with Crippen molar-refractivity contribution >= 4 is 11.7 Å². The molecule has 0 saturated carbocycles. The van der Waals surface area contributed by atoms with Crippen LogP contribution in [0, 0.1) is 10.1 Å². The van der Waals surface area contributed by atoms with E-state index >= 15 is 0 Å². The largest absolute Gasteiger partial charge is 0.481 e. The minimum Gasteiger partial charge on any atom is -0.481 e. The lowest BCUT2D eigenvalue weighted by molar-refractivity contribution is -0.384. The number of carbonyl (C=O) groups is 1. The van der Waals surface area contributed by atoms with Gasteiger partial charge in [0.15, 0.2) is 5.76 Å². The molecule has 1 aromatic heterocycles. The normalized spacial score (nSPS) is 10.2. The summed E-state index contributed by atoms with van der Waals surface area (Å²) in [5.41, 5.74) is 0.714. The maximum atomic E-state index is 10.7. The summed E-state index contributed by atoms with van der Waals surface area (Å²) in [6, 6.07) is 5.75. The number of carboxylic acid groups (broad SMARTS) is 1. The zero-order valence-electron chi connectivity index (χ0n) is 9.07. The van der Waals surface area contributed by atoms with Gasteiger partial charge in [0.25, 0.3) is 5.69 Å². The highest BCUT2D eigenvalue weighted by molar-refractivity contribution is 5.74. The Morgan fingerprint density at radius 3 is 2.94 bits per heavy atom. The van der Waals surface area contributed by atoms with Crippen molar-refractivity contribution in [3.05, 3.63) is 46.1 Å². The Balaban J connectivity index is 2.42. The number of benzene rings is 1. The minimum atomic E-state index is -1.02. The molecular formula is C11H8N2O5. The van der Waals surface area contributed by atoms with Gasteiger partial charge in [-0.25, -0.2) is 0 Å². The molecular weight excluding hydrogens is 240 g/mol. The van der Waals surface area contributed by atoms with E-state index in [2.05, 4.69) is 5.16 Å². The van der Waals surface area contributed by atoms with Crippen LogP contribution in [0.1, 0.15) is 5.56 Å². The van der Waals surface area contributed by atoms with Gasteiger partial charge >= 0.3 is 5.97 Å². The molecule has 2 aromatic rings. The molecule has 0 saturated heterocycles. The van der Waals surface area contributed by atoms with Crippen LogP contribution in [-0.4, -0.2) is 21.2 Å². The third-order valence-corrected chi connectivity index (χ3v) is 2.31. The van der Waals surface area contributed by atoms with Gasteiger partial charge in [-0.3, -0.25) is 14.9 Å². The summed E-state index contributed by atoms with van der Waals surface area (Å²) >= 11 is 0. The molecule has 18 heavy (non-hydrogen) atoms. The number of nitrogens with zero attached hydrogens (tertiary/aromatic N) is 2. The van der Waals surface area contributed by atoms with Crippen molar-refractivity contribution in [2.45, 2.75) is 6.42 Å². The Bertz CT molecular complexity index is 605. The highest BCUT2D eigenvalue weighted by Crippen LogP contribution is 2.27. The number of carboxylic acids is 1. The molecule has 0 aliphatic rings. The first-order chi connectivity index (χ1) is 8.58. The van der Waals surface area contributed by atoms with Crippen LogP contribution in [0.15, 0.2) is 35.0 Å². The van der Waals surface area contributed by atoms with Crippen LogP contribution in [-0.2, 0) is 11.2 Å². The van der Waals surface area contributed by atoms with E-state index in [1.165, 1.54) is 24.4 Å². The maximum absolute atomic E-state index is 10.7. The van der Waals surface area contributed by atoms with Crippen LogP contribution in [0.3, 0.4) is 0 Å². The predicted octanol–water partition coefficient (Wildman–Crippen LogP) is 1.88. The molecule has 1 N–H and O–H groups in total. The van der Waals surface area contributed by atoms with E-state index in [1.54, 1.807) is 6.07 Å². The fraction of sp³-hybridized carbons (Fsp3) is 0.0909. The van der Waals surface area contributed by atoms with Gasteiger partial charge in [0.2, 0.25) is 0 Å². The third-order valence-electron chi connectivity index (χ3n) is 2.31. The van der Waals surface area contributed by atoms with Crippen LogP contribution in [0.25, 0.3) is 11.3 Å². The van der Waals surface area contributed by atoms with Crippen LogP contribution in [0.4, 0.5) is 5.69 Å². The lowest BCUT2D eigenvalue weighted by Gasteiger charge is -1.99. The Hall–Kier alpha value is -2.70. The summed E-state index contributed by atoms with van der Waals surface area (Å²) in [7, 11) is 0. The fourth-order valence-electron chi connectivity index (χ4n) is 1.55. The summed E-state index contributed by atoms with van der Waals surface area (Å²) in [5, 5.41) is 22.9. The van der Waals surface area contributed by atoms with Crippen molar-refractivity contribution in [3.8, 4) is 11.3 Å². The molecule has 1 heterocycles. The van der Waals surface area contributed by atoms with Gasteiger partial charge < -0.3 is 9.63 Å². The van der Waals surface area contributed by atoms with Crippen LogP contribution < -0.4 is 0 Å². The zero-order chi connectivity index (χ0) is 13.1. The second-order valence-electron chi connectivity index (χ2n) is 3.56. The first kappa shape index (κ1) is 11.8. The monoisotopic (exact) mass is 248 g/mol.